The van der Waals surface area contributed by atoms with Crippen molar-refractivity contribution in [2.75, 3.05) is 0 Å². The Morgan fingerprint density at radius 3 is 2.31 bits per heavy atom. The second kappa shape index (κ2) is 6.64. The van der Waals surface area contributed by atoms with Crippen molar-refractivity contribution in [3.63, 3.8) is 0 Å². The average Bonchev–Trinajstić information content (AvgIpc) is 2.25. The van der Waals surface area contributed by atoms with Crippen LogP contribution in [0.5, 0.6) is 0 Å². The van der Waals surface area contributed by atoms with Gasteiger partial charge >= 0.3 is 0 Å². The van der Waals surface area contributed by atoms with Gasteiger partial charge in [-0.3, -0.25) is 0 Å². The van der Waals surface area contributed by atoms with Gasteiger partial charge in [0, 0.05) is 12.1 Å². The van der Waals surface area contributed by atoms with E-state index < -0.39 is 0 Å². The zero-order valence-corrected chi connectivity index (χ0v) is 11.9. The number of nitrogens with one attached hydrogen (secondary N) is 1. The molecule has 0 saturated heterocycles. The first-order valence-corrected chi connectivity index (χ1v) is 7.30. The molecule has 0 aliphatic heterocycles. The SMILES string of the molecule is CCC(NC1CCCC(C(C)C)C1)C(C)C. The van der Waals surface area contributed by atoms with E-state index in [0.29, 0.717) is 0 Å². The molecule has 1 fully saturated rings. The zero-order valence-electron chi connectivity index (χ0n) is 11.9. The van der Waals surface area contributed by atoms with Crippen LogP contribution in [-0.2, 0) is 0 Å². The van der Waals surface area contributed by atoms with Crippen LogP contribution in [0.25, 0.3) is 0 Å². The van der Waals surface area contributed by atoms with Crippen molar-refractivity contribution in [1.82, 2.24) is 5.32 Å². The van der Waals surface area contributed by atoms with Crippen molar-refractivity contribution >= 4 is 0 Å². The molecule has 1 heteroatoms. The third-order valence-electron chi connectivity index (χ3n) is 4.35. The van der Waals surface area contributed by atoms with Crippen LogP contribution in [0.15, 0.2) is 0 Å². The van der Waals surface area contributed by atoms with Gasteiger partial charge in [-0.05, 0) is 37.0 Å². The van der Waals surface area contributed by atoms with Crippen molar-refractivity contribution in [3.05, 3.63) is 0 Å². The van der Waals surface area contributed by atoms with E-state index in [1.807, 2.05) is 0 Å². The van der Waals surface area contributed by atoms with E-state index in [4.69, 9.17) is 0 Å². The largest absolute Gasteiger partial charge is 0.311 e. The minimum absolute atomic E-state index is 0.718. The van der Waals surface area contributed by atoms with Crippen LogP contribution < -0.4 is 5.32 Å². The first-order valence-electron chi connectivity index (χ1n) is 7.30. The average molecular weight is 225 g/mol. The summed E-state index contributed by atoms with van der Waals surface area (Å²) in [6.07, 6.45) is 6.94. The van der Waals surface area contributed by atoms with Crippen LogP contribution in [-0.4, -0.2) is 12.1 Å². The molecule has 0 amide bonds. The van der Waals surface area contributed by atoms with Gasteiger partial charge in [-0.1, -0.05) is 47.5 Å². The van der Waals surface area contributed by atoms with Crippen LogP contribution >= 0.6 is 0 Å². The summed E-state index contributed by atoms with van der Waals surface area (Å²) in [6, 6.07) is 1.50. The fourth-order valence-electron chi connectivity index (χ4n) is 3.07. The first-order chi connectivity index (χ1) is 7.54. The fraction of sp³-hybridized carbons (Fsp3) is 1.00. The van der Waals surface area contributed by atoms with Gasteiger partial charge in [-0.15, -0.1) is 0 Å². The Labute approximate surface area is 102 Å². The lowest BCUT2D eigenvalue weighted by molar-refractivity contribution is 0.207. The lowest BCUT2D eigenvalue weighted by Crippen LogP contribution is -2.43. The minimum Gasteiger partial charge on any atom is -0.311 e. The summed E-state index contributed by atoms with van der Waals surface area (Å²) >= 11 is 0. The smallest absolute Gasteiger partial charge is 0.00900 e. The second-order valence-corrected chi connectivity index (χ2v) is 6.29. The Hall–Kier alpha value is -0.0400. The summed E-state index contributed by atoms with van der Waals surface area (Å²) < 4.78 is 0. The number of hydrogen-bond donors (Lipinski definition) is 1. The number of rotatable bonds is 5. The molecule has 0 aromatic heterocycles. The maximum Gasteiger partial charge on any atom is 0.00900 e. The van der Waals surface area contributed by atoms with E-state index >= 15 is 0 Å². The van der Waals surface area contributed by atoms with Gasteiger partial charge < -0.3 is 5.32 Å². The highest BCUT2D eigenvalue weighted by Crippen LogP contribution is 2.30. The maximum atomic E-state index is 3.89. The van der Waals surface area contributed by atoms with Crippen LogP contribution in [0.1, 0.15) is 66.7 Å². The minimum atomic E-state index is 0.718. The lowest BCUT2D eigenvalue weighted by Gasteiger charge is -2.35. The Kier molecular flexibility index (Phi) is 5.82. The quantitative estimate of drug-likeness (QED) is 0.738. The summed E-state index contributed by atoms with van der Waals surface area (Å²) in [5.74, 6) is 2.59. The Balaban J connectivity index is 2.41. The monoisotopic (exact) mass is 225 g/mol. The molecule has 3 unspecified atom stereocenters. The van der Waals surface area contributed by atoms with E-state index in [2.05, 4.69) is 39.9 Å². The molecule has 0 aromatic rings. The van der Waals surface area contributed by atoms with Gasteiger partial charge in [0.25, 0.3) is 0 Å². The Bertz CT molecular complexity index is 186. The van der Waals surface area contributed by atoms with E-state index in [1.165, 1.54) is 32.1 Å². The first kappa shape index (κ1) is 14.0. The third-order valence-corrected chi connectivity index (χ3v) is 4.35. The molecule has 0 radical (unpaired) electrons. The molecule has 0 bridgehead atoms. The van der Waals surface area contributed by atoms with E-state index in [-0.39, 0.29) is 0 Å². The Morgan fingerprint density at radius 2 is 1.81 bits per heavy atom. The molecule has 1 aliphatic rings. The molecule has 1 N–H and O–H groups in total. The molecule has 16 heavy (non-hydrogen) atoms. The molecule has 1 nitrogen and oxygen atoms in total. The van der Waals surface area contributed by atoms with E-state index in [9.17, 15) is 0 Å². The van der Waals surface area contributed by atoms with Gasteiger partial charge in [0.2, 0.25) is 0 Å². The summed E-state index contributed by atoms with van der Waals surface area (Å²) in [6.45, 7) is 11.7. The van der Waals surface area contributed by atoms with Crippen LogP contribution in [0.2, 0.25) is 0 Å². The second-order valence-electron chi connectivity index (χ2n) is 6.29. The van der Waals surface area contributed by atoms with E-state index in [1.54, 1.807) is 0 Å². The standard InChI is InChI=1S/C15H31N/c1-6-15(12(4)5)16-14-9-7-8-13(10-14)11(2)3/h11-16H,6-10H2,1-5H3. The third kappa shape index (κ3) is 4.08. The van der Waals surface area contributed by atoms with Gasteiger partial charge in [0.1, 0.15) is 0 Å². The zero-order chi connectivity index (χ0) is 12.1. The molecular formula is C15H31N. The fourth-order valence-corrected chi connectivity index (χ4v) is 3.07. The molecule has 0 aromatic carbocycles. The summed E-state index contributed by atoms with van der Waals surface area (Å²) in [7, 11) is 0. The van der Waals surface area contributed by atoms with Gasteiger partial charge in [-0.25, -0.2) is 0 Å². The summed E-state index contributed by atoms with van der Waals surface area (Å²) in [4.78, 5) is 0. The molecule has 0 spiro atoms. The molecule has 96 valence electrons. The molecular weight excluding hydrogens is 194 g/mol. The predicted molar refractivity (Wildman–Crippen MR) is 72.6 cm³/mol. The normalized spacial score (nSPS) is 28.7. The van der Waals surface area contributed by atoms with Crippen molar-refractivity contribution in [2.24, 2.45) is 17.8 Å². The van der Waals surface area contributed by atoms with Gasteiger partial charge in [0.15, 0.2) is 0 Å². The highest BCUT2D eigenvalue weighted by atomic mass is 15.0. The highest BCUT2D eigenvalue weighted by Gasteiger charge is 2.25. The predicted octanol–water partition coefficient (Wildman–Crippen LogP) is 4.23. The molecule has 0 heterocycles. The summed E-state index contributed by atoms with van der Waals surface area (Å²) in [5.41, 5.74) is 0. The van der Waals surface area contributed by atoms with Crippen molar-refractivity contribution in [1.29, 1.82) is 0 Å². The van der Waals surface area contributed by atoms with Gasteiger partial charge in [-0.2, -0.15) is 0 Å². The number of hydrogen-bond acceptors (Lipinski definition) is 1. The molecule has 1 aliphatic carbocycles. The molecule has 1 saturated carbocycles. The van der Waals surface area contributed by atoms with Gasteiger partial charge in [0.05, 0.1) is 0 Å². The van der Waals surface area contributed by atoms with Crippen molar-refractivity contribution in [3.8, 4) is 0 Å². The highest BCUT2D eigenvalue weighted by molar-refractivity contribution is 4.82. The van der Waals surface area contributed by atoms with Crippen LogP contribution in [0.4, 0.5) is 0 Å². The maximum absolute atomic E-state index is 3.89. The van der Waals surface area contributed by atoms with Crippen molar-refractivity contribution < 1.29 is 0 Å². The van der Waals surface area contributed by atoms with E-state index in [0.717, 1.165) is 29.8 Å². The molecule has 1 rings (SSSR count). The lowest BCUT2D eigenvalue weighted by atomic mass is 9.79. The van der Waals surface area contributed by atoms with Crippen LogP contribution in [0, 0.1) is 17.8 Å². The molecule has 3 atom stereocenters. The summed E-state index contributed by atoms with van der Waals surface area (Å²) in [5, 5.41) is 3.89. The Morgan fingerprint density at radius 1 is 1.12 bits per heavy atom. The topological polar surface area (TPSA) is 12.0 Å². The van der Waals surface area contributed by atoms with Crippen molar-refractivity contribution in [2.45, 2.75) is 78.8 Å². The van der Waals surface area contributed by atoms with Crippen LogP contribution in [0.3, 0.4) is 0 Å².